The third-order valence-electron chi connectivity index (χ3n) is 3.84. The van der Waals surface area contributed by atoms with Crippen LogP contribution in [0.5, 0.6) is 0 Å². The molecule has 0 bridgehead atoms. The minimum atomic E-state index is -0.614. The van der Waals surface area contributed by atoms with E-state index in [0.29, 0.717) is 6.61 Å². The molecule has 1 aliphatic heterocycles. The first-order valence-corrected chi connectivity index (χ1v) is 6.32. The zero-order valence-corrected chi connectivity index (χ0v) is 10.00. The number of nitrogens with two attached hydrogens (primary N) is 1. The van der Waals surface area contributed by atoms with E-state index in [4.69, 9.17) is 10.5 Å². The van der Waals surface area contributed by atoms with E-state index in [1.807, 2.05) is 6.92 Å². The topological polar surface area (TPSA) is 64.4 Å². The van der Waals surface area contributed by atoms with Gasteiger partial charge in [-0.1, -0.05) is 12.8 Å². The molecule has 3 N–H and O–H groups in total. The molecule has 1 aliphatic carbocycles. The first-order chi connectivity index (χ1) is 7.62. The Balaban J connectivity index is 1.90. The minimum absolute atomic E-state index is 0.0207. The zero-order chi connectivity index (χ0) is 11.6. The SMILES string of the molecule is CC1(C(=O)NC2CCCCC2N)CCCO1. The van der Waals surface area contributed by atoms with Gasteiger partial charge in [0.25, 0.3) is 5.91 Å². The average Bonchev–Trinajstić information content (AvgIpc) is 2.70. The van der Waals surface area contributed by atoms with E-state index < -0.39 is 5.60 Å². The highest BCUT2D eigenvalue weighted by Gasteiger charge is 2.39. The molecule has 1 saturated heterocycles. The summed E-state index contributed by atoms with van der Waals surface area (Å²) in [6.45, 7) is 2.57. The largest absolute Gasteiger partial charge is 0.365 e. The molecule has 0 aromatic rings. The highest BCUT2D eigenvalue weighted by Crippen LogP contribution is 2.26. The molecule has 2 fully saturated rings. The molecule has 4 nitrogen and oxygen atoms in total. The van der Waals surface area contributed by atoms with Gasteiger partial charge in [0.15, 0.2) is 0 Å². The highest BCUT2D eigenvalue weighted by atomic mass is 16.5. The number of carbonyl (C=O) groups excluding carboxylic acids is 1. The summed E-state index contributed by atoms with van der Waals surface area (Å²) < 4.78 is 5.53. The Bertz CT molecular complexity index is 262. The molecule has 0 aromatic heterocycles. The summed E-state index contributed by atoms with van der Waals surface area (Å²) >= 11 is 0. The first kappa shape index (κ1) is 11.9. The summed E-state index contributed by atoms with van der Waals surface area (Å²) in [5.41, 5.74) is 5.40. The smallest absolute Gasteiger partial charge is 0.252 e. The zero-order valence-electron chi connectivity index (χ0n) is 10.00. The van der Waals surface area contributed by atoms with Gasteiger partial charge in [-0.3, -0.25) is 4.79 Å². The van der Waals surface area contributed by atoms with E-state index in [0.717, 1.165) is 32.1 Å². The molecule has 92 valence electrons. The van der Waals surface area contributed by atoms with Crippen molar-refractivity contribution in [2.24, 2.45) is 5.73 Å². The Morgan fingerprint density at radius 1 is 1.38 bits per heavy atom. The van der Waals surface area contributed by atoms with Crippen LogP contribution in [0.25, 0.3) is 0 Å². The normalized spacial score (nSPS) is 39.6. The molecule has 1 amide bonds. The standard InChI is InChI=1S/C12H22N2O2/c1-12(7-4-8-16-12)11(15)14-10-6-3-2-5-9(10)13/h9-10H,2-8,13H2,1H3,(H,14,15). The molecule has 0 radical (unpaired) electrons. The van der Waals surface area contributed by atoms with Gasteiger partial charge in [0, 0.05) is 18.7 Å². The van der Waals surface area contributed by atoms with Gasteiger partial charge in [-0.05, 0) is 32.6 Å². The van der Waals surface area contributed by atoms with Crippen molar-refractivity contribution in [2.45, 2.75) is 63.1 Å². The molecule has 2 aliphatic rings. The number of hydrogen-bond acceptors (Lipinski definition) is 3. The fraction of sp³-hybridized carbons (Fsp3) is 0.917. The number of rotatable bonds is 2. The fourth-order valence-electron chi connectivity index (χ4n) is 2.62. The van der Waals surface area contributed by atoms with Gasteiger partial charge in [0.2, 0.25) is 0 Å². The first-order valence-electron chi connectivity index (χ1n) is 6.32. The summed E-state index contributed by atoms with van der Waals surface area (Å²) in [5.74, 6) is 0.0207. The average molecular weight is 226 g/mol. The molecule has 0 spiro atoms. The Kier molecular flexibility index (Phi) is 3.50. The van der Waals surface area contributed by atoms with E-state index in [1.165, 1.54) is 6.42 Å². The second-order valence-electron chi connectivity index (χ2n) is 5.21. The Labute approximate surface area is 96.9 Å². The Morgan fingerprint density at radius 3 is 2.75 bits per heavy atom. The lowest BCUT2D eigenvalue weighted by Crippen LogP contribution is -2.54. The van der Waals surface area contributed by atoms with Crippen LogP contribution in [0.2, 0.25) is 0 Å². The monoisotopic (exact) mass is 226 g/mol. The molecule has 1 saturated carbocycles. The van der Waals surface area contributed by atoms with Crippen LogP contribution in [0.15, 0.2) is 0 Å². The number of carbonyl (C=O) groups is 1. The van der Waals surface area contributed by atoms with Crippen molar-refractivity contribution in [1.29, 1.82) is 0 Å². The fourth-order valence-corrected chi connectivity index (χ4v) is 2.62. The van der Waals surface area contributed by atoms with Crippen LogP contribution in [-0.2, 0) is 9.53 Å². The molecule has 0 aromatic carbocycles. The van der Waals surface area contributed by atoms with Gasteiger partial charge < -0.3 is 15.8 Å². The maximum Gasteiger partial charge on any atom is 0.252 e. The van der Waals surface area contributed by atoms with Gasteiger partial charge in [-0.2, -0.15) is 0 Å². The third kappa shape index (κ3) is 2.38. The number of hydrogen-bond donors (Lipinski definition) is 2. The van der Waals surface area contributed by atoms with E-state index in [1.54, 1.807) is 0 Å². The third-order valence-corrected chi connectivity index (χ3v) is 3.84. The molecule has 4 heteroatoms. The maximum absolute atomic E-state index is 12.1. The van der Waals surface area contributed by atoms with Gasteiger partial charge in [-0.15, -0.1) is 0 Å². The lowest BCUT2D eigenvalue weighted by molar-refractivity contribution is -0.140. The van der Waals surface area contributed by atoms with E-state index in [9.17, 15) is 4.79 Å². The Morgan fingerprint density at radius 2 is 2.12 bits per heavy atom. The number of nitrogens with one attached hydrogen (secondary N) is 1. The van der Waals surface area contributed by atoms with Crippen molar-refractivity contribution in [2.75, 3.05) is 6.61 Å². The molecule has 16 heavy (non-hydrogen) atoms. The van der Waals surface area contributed by atoms with Crippen LogP contribution in [0.4, 0.5) is 0 Å². The van der Waals surface area contributed by atoms with Crippen LogP contribution in [-0.4, -0.2) is 30.2 Å². The number of amides is 1. The summed E-state index contributed by atoms with van der Waals surface area (Å²) in [5, 5.41) is 3.06. The number of ether oxygens (including phenoxy) is 1. The maximum atomic E-state index is 12.1. The Hall–Kier alpha value is -0.610. The van der Waals surface area contributed by atoms with Crippen LogP contribution >= 0.6 is 0 Å². The van der Waals surface area contributed by atoms with Crippen LogP contribution in [0.1, 0.15) is 45.4 Å². The molecule has 1 heterocycles. The van der Waals surface area contributed by atoms with Crippen LogP contribution < -0.4 is 11.1 Å². The van der Waals surface area contributed by atoms with Crippen molar-refractivity contribution >= 4 is 5.91 Å². The summed E-state index contributed by atoms with van der Waals surface area (Å²) in [4.78, 5) is 12.1. The molecular formula is C12H22N2O2. The molecular weight excluding hydrogens is 204 g/mol. The molecule has 3 atom stereocenters. The van der Waals surface area contributed by atoms with E-state index in [2.05, 4.69) is 5.32 Å². The highest BCUT2D eigenvalue weighted by molar-refractivity contribution is 5.85. The van der Waals surface area contributed by atoms with E-state index in [-0.39, 0.29) is 18.0 Å². The quantitative estimate of drug-likeness (QED) is 0.736. The van der Waals surface area contributed by atoms with Gasteiger partial charge in [-0.25, -0.2) is 0 Å². The second-order valence-corrected chi connectivity index (χ2v) is 5.21. The van der Waals surface area contributed by atoms with Crippen molar-refractivity contribution in [3.05, 3.63) is 0 Å². The lowest BCUT2D eigenvalue weighted by atomic mass is 9.90. The molecule has 2 rings (SSSR count). The second kappa shape index (κ2) is 4.72. The van der Waals surface area contributed by atoms with Crippen molar-refractivity contribution < 1.29 is 9.53 Å². The van der Waals surface area contributed by atoms with Gasteiger partial charge in [0.1, 0.15) is 5.60 Å². The predicted molar refractivity (Wildman–Crippen MR) is 62.0 cm³/mol. The summed E-state index contributed by atoms with van der Waals surface area (Å²) in [7, 11) is 0. The van der Waals surface area contributed by atoms with Crippen molar-refractivity contribution in [3.8, 4) is 0 Å². The van der Waals surface area contributed by atoms with Crippen LogP contribution in [0, 0.1) is 0 Å². The van der Waals surface area contributed by atoms with Crippen molar-refractivity contribution in [3.63, 3.8) is 0 Å². The van der Waals surface area contributed by atoms with Crippen LogP contribution in [0.3, 0.4) is 0 Å². The predicted octanol–water partition coefficient (Wildman–Crippen LogP) is 0.942. The van der Waals surface area contributed by atoms with Crippen molar-refractivity contribution in [1.82, 2.24) is 5.32 Å². The lowest BCUT2D eigenvalue weighted by Gasteiger charge is -2.32. The van der Waals surface area contributed by atoms with E-state index >= 15 is 0 Å². The molecule has 3 unspecified atom stereocenters. The summed E-state index contributed by atoms with van der Waals surface area (Å²) in [6, 6.07) is 0.255. The minimum Gasteiger partial charge on any atom is -0.365 e. The summed E-state index contributed by atoms with van der Waals surface area (Å²) in [6.07, 6.45) is 6.16. The van der Waals surface area contributed by atoms with Gasteiger partial charge in [0.05, 0.1) is 0 Å². The van der Waals surface area contributed by atoms with Gasteiger partial charge >= 0.3 is 0 Å².